The fourth-order valence-electron chi connectivity index (χ4n) is 2.64. The lowest BCUT2D eigenvalue weighted by Gasteiger charge is -2.30. The third kappa shape index (κ3) is 7.48. The number of amides is 1. The number of sulfonamides is 1. The van der Waals surface area contributed by atoms with Gasteiger partial charge in [0.15, 0.2) is 0 Å². The Morgan fingerprint density at radius 2 is 1.73 bits per heavy atom. The van der Waals surface area contributed by atoms with Crippen molar-refractivity contribution in [1.82, 2.24) is 9.62 Å². The number of nitrogens with one attached hydrogen (secondary N) is 1. The molecule has 1 aromatic rings. The highest BCUT2D eigenvalue weighted by Gasteiger charge is 2.51. The molecule has 0 radical (unpaired) electrons. The summed E-state index contributed by atoms with van der Waals surface area (Å²) in [5, 5.41) is 2.23. The molecule has 186 valence electrons. The number of halogens is 4. The molecular formula is C22H30F4N2O4S. The molecule has 0 atom stereocenters. The van der Waals surface area contributed by atoms with Gasteiger partial charge in [-0.05, 0) is 63.5 Å². The summed E-state index contributed by atoms with van der Waals surface area (Å²) in [5.74, 6) is -0.942. The van der Waals surface area contributed by atoms with Crippen molar-refractivity contribution < 1.29 is 35.5 Å². The minimum Gasteiger partial charge on any atom is -0.434 e. The van der Waals surface area contributed by atoms with Crippen LogP contribution in [0.3, 0.4) is 0 Å². The second-order valence-corrected chi connectivity index (χ2v) is 9.88. The van der Waals surface area contributed by atoms with Crippen LogP contribution in [0.4, 0.5) is 22.4 Å². The van der Waals surface area contributed by atoms with Crippen LogP contribution in [0.1, 0.15) is 48.0 Å². The average Bonchev–Trinajstić information content (AvgIpc) is 2.68. The number of alkyl carbamates (subject to hydrolysis) is 1. The number of benzene rings is 1. The highest BCUT2D eigenvalue weighted by atomic mass is 32.2. The van der Waals surface area contributed by atoms with Crippen LogP contribution in [-0.4, -0.2) is 37.1 Å². The first-order valence-electron chi connectivity index (χ1n) is 10.3. The number of ether oxygens (including phenoxy) is 1. The highest BCUT2D eigenvalue weighted by Crippen LogP contribution is 2.33. The van der Waals surface area contributed by atoms with E-state index in [1.807, 2.05) is 0 Å². The molecule has 0 aliphatic carbocycles. The van der Waals surface area contributed by atoms with Crippen LogP contribution in [0.25, 0.3) is 0 Å². The zero-order chi connectivity index (χ0) is 25.6. The third-order valence-corrected chi connectivity index (χ3v) is 6.44. The summed E-state index contributed by atoms with van der Waals surface area (Å²) in [6.07, 6.45) is -2.90. The van der Waals surface area contributed by atoms with E-state index in [0.29, 0.717) is 6.42 Å². The first kappa shape index (κ1) is 28.5. The molecule has 1 N–H and O–H groups in total. The van der Waals surface area contributed by atoms with Crippen molar-refractivity contribution in [3.8, 4) is 0 Å². The maximum absolute atomic E-state index is 13.3. The van der Waals surface area contributed by atoms with Crippen molar-refractivity contribution in [2.45, 2.75) is 64.6 Å². The molecule has 6 nitrogen and oxygen atoms in total. The normalized spacial score (nSPS) is 13.8. The molecule has 0 unspecified atom stereocenters. The van der Waals surface area contributed by atoms with Crippen LogP contribution >= 0.6 is 0 Å². The molecule has 0 fully saturated rings. The molecule has 11 heteroatoms. The van der Waals surface area contributed by atoms with Crippen molar-refractivity contribution in [2.75, 3.05) is 6.54 Å². The van der Waals surface area contributed by atoms with Crippen molar-refractivity contribution in [3.63, 3.8) is 0 Å². The fraction of sp³-hybridized carbons (Fsp3) is 0.500. The molecule has 33 heavy (non-hydrogen) atoms. The molecule has 0 aromatic heterocycles. The first-order chi connectivity index (χ1) is 15.1. The zero-order valence-electron chi connectivity index (χ0n) is 19.5. The van der Waals surface area contributed by atoms with Gasteiger partial charge in [-0.15, -0.1) is 0 Å². The van der Waals surface area contributed by atoms with E-state index in [4.69, 9.17) is 0 Å². The Hall–Kier alpha value is -2.56. The van der Waals surface area contributed by atoms with E-state index in [2.05, 4.69) is 10.1 Å². The standard InChI is InChI=1S/C22H30F4N2O4S/c1-7-13-28(33(30,31)18-11-9-16(23)10-12-18)19(15(3)4)14-17(8-2)27-20(29)32-21(5,6)22(24,25)26/h8-12,14-15H,7,13H2,1-6H3,(H,27,29)/b17-8?,19-14+. The Balaban J connectivity index is 3.34. The number of nitrogens with zero attached hydrogens (tertiary/aromatic N) is 1. The Labute approximate surface area is 192 Å². The number of carbonyl (C=O) groups is 1. The van der Waals surface area contributed by atoms with Crippen LogP contribution in [0.5, 0.6) is 0 Å². The molecule has 0 bridgehead atoms. The minimum absolute atomic E-state index is 0.0529. The van der Waals surface area contributed by atoms with Gasteiger partial charge in [-0.1, -0.05) is 26.8 Å². The monoisotopic (exact) mass is 494 g/mol. The average molecular weight is 495 g/mol. The van der Waals surface area contributed by atoms with Gasteiger partial charge in [0.05, 0.1) is 4.90 Å². The maximum Gasteiger partial charge on any atom is 0.427 e. The number of rotatable bonds is 9. The predicted octanol–water partition coefficient (Wildman–Crippen LogP) is 5.74. The highest BCUT2D eigenvalue weighted by molar-refractivity contribution is 7.89. The summed E-state index contributed by atoms with van der Waals surface area (Å²) in [5.41, 5.74) is -2.39. The van der Waals surface area contributed by atoms with E-state index < -0.39 is 33.7 Å². The lowest BCUT2D eigenvalue weighted by atomic mass is 10.1. The summed E-state index contributed by atoms with van der Waals surface area (Å²) >= 11 is 0. The quantitative estimate of drug-likeness (QED) is 0.351. The lowest BCUT2D eigenvalue weighted by molar-refractivity contribution is -0.243. The number of hydrogen-bond acceptors (Lipinski definition) is 4. The molecule has 0 aliphatic rings. The van der Waals surface area contributed by atoms with Gasteiger partial charge < -0.3 is 4.74 Å². The lowest BCUT2D eigenvalue weighted by Crippen LogP contribution is -2.45. The minimum atomic E-state index is -4.78. The second-order valence-electron chi connectivity index (χ2n) is 8.02. The van der Waals surface area contributed by atoms with E-state index in [-0.39, 0.29) is 28.8 Å². The van der Waals surface area contributed by atoms with Gasteiger partial charge in [-0.2, -0.15) is 13.2 Å². The molecule has 0 spiro atoms. The summed E-state index contributed by atoms with van der Waals surface area (Å²) < 4.78 is 84.5. The predicted molar refractivity (Wildman–Crippen MR) is 117 cm³/mol. The van der Waals surface area contributed by atoms with Crippen molar-refractivity contribution >= 4 is 16.1 Å². The summed E-state index contributed by atoms with van der Waals surface area (Å²) in [6.45, 7) is 8.28. The van der Waals surface area contributed by atoms with Gasteiger partial charge in [0.25, 0.3) is 10.0 Å². The first-order valence-corrected chi connectivity index (χ1v) is 11.7. The summed E-state index contributed by atoms with van der Waals surface area (Å²) in [7, 11) is -4.08. The van der Waals surface area contributed by atoms with Crippen molar-refractivity contribution in [1.29, 1.82) is 0 Å². The molecular weight excluding hydrogens is 464 g/mol. The Morgan fingerprint density at radius 3 is 2.15 bits per heavy atom. The molecule has 0 saturated carbocycles. The maximum atomic E-state index is 13.3. The number of carbonyl (C=O) groups excluding carboxylic acids is 1. The van der Waals surface area contributed by atoms with E-state index in [1.165, 1.54) is 19.1 Å². The van der Waals surface area contributed by atoms with E-state index in [0.717, 1.165) is 42.4 Å². The SMILES string of the molecule is CC=C(/C=C(\C(C)C)N(CCC)S(=O)(=O)c1ccc(F)cc1)NC(=O)OC(C)(C)C(F)(F)F. The Morgan fingerprint density at radius 1 is 1.18 bits per heavy atom. The van der Waals surface area contributed by atoms with Crippen LogP contribution in [0.15, 0.2) is 52.7 Å². The fourth-order valence-corrected chi connectivity index (χ4v) is 4.33. The Kier molecular flexibility index (Phi) is 9.53. The van der Waals surface area contributed by atoms with Crippen molar-refractivity contribution in [3.05, 3.63) is 53.6 Å². The van der Waals surface area contributed by atoms with Crippen LogP contribution in [0.2, 0.25) is 0 Å². The summed E-state index contributed by atoms with van der Waals surface area (Å²) in [4.78, 5) is 12.0. The smallest absolute Gasteiger partial charge is 0.427 e. The molecule has 1 amide bonds. The van der Waals surface area contributed by atoms with Gasteiger partial charge in [-0.3, -0.25) is 9.62 Å². The van der Waals surface area contributed by atoms with E-state index >= 15 is 0 Å². The summed E-state index contributed by atoms with van der Waals surface area (Å²) in [6, 6.07) is 4.37. The number of alkyl halides is 3. The van der Waals surface area contributed by atoms with Crippen LogP contribution < -0.4 is 5.32 Å². The molecule has 1 rings (SSSR count). The zero-order valence-corrected chi connectivity index (χ0v) is 20.3. The molecule has 1 aromatic carbocycles. The van der Waals surface area contributed by atoms with Crippen LogP contribution in [-0.2, 0) is 14.8 Å². The number of hydrogen-bond donors (Lipinski definition) is 1. The molecule has 0 aliphatic heterocycles. The Bertz CT molecular complexity index is 983. The van der Waals surface area contributed by atoms with Gasteiger partial charge in [0, 0.05) is 17.9 Å². The molecule has 0 heterocycles. The largest absolute Gasteiger partial charge is 0.434 e. The van der Waals surface area contributed by atoms with Gasteiger partial charge in [0.2, 0.25) is 5.60 Å². The molecule has 0 saturated heterocycles. The number of allylic oxidation sites excluding steroid dienone is 3. The second kappa shape index (κ2) is 11.0. The van der Waals surface area contributed by atoms with Gasteiger partial charge >= 0.3 is 12.3 Å². The van der Waals surface area contributed by atoms with Crippen LogP contribution in [0, 0.1) is 11.7 Å². The van der Waals surface area contributed by atoms with Gasteiger partial charge in [0.1, 0.15) is 5.82 Å². The van der Waals surface area contributed by atoms with E-state index in [1.54, 1.807) is 20.8 Å². The van der Waals surface area contributed by atoms with Gasteiger partial charge in [-0.25, -0.2) is 17.6 Å². The topological polar surface area (TPSA) is 75.7 Å². The third-order valence-electron chi connectivity index (χ3n) is 4.60. The van der Waals surface area contributed by atoms with Crippen molar-refractivity contribution in [2.24, 2.45) is 5.92 Å². The van der Waals surface area contributed by atoms with E-state index in [9.17, 15) is 30.8 Å².